The van der Waals surface area contributed by atoms with Crippen LogP contribution in [0.25, 0.3) is 0 Å². The number of hydrogen-bond donors (Lipinski definition) is 1. The highest BCUT2D eigenvalue weighted by Crippen LogP contribution is 2.31. The van der Waals surface area contributed by atoms with Gasteiger partial charge < -0.3 is 15.1 Å². The molecule has 17 heavy (non-hydrogen) atoms. The third-order valence-electron chi connectivity index (χ3n) is 3.23. The first-order valence-corrected chi connectivity index (χ1v) is 7.57. The molecule has 1 aromatic rings. The van der Waals surface area contributed by atoms with E-state index in [-0.39, 0.29) is 0 Å². The molecule has 2 atom stereocenters. The first kappa shape index (κ1) is 13.5. The average molecular weight is 318 g/mol. The lowest BCUT2D eigenvalue weighted by atomic mass is 10.0. The summed E-state index contributed by atoms with van der Waals surface area (Å²) in [6, 6.07) is 3.20. The first-order chi connectivity index (χ1) is 8.08. The van der Waals surface area contributed by atoms with Crippen LogP contribution in [0.2, 0.25) is 0 Å². The maximum atomic E-state index is 3.65. The van der Waals surface area contributed by atoms with Crippen LogP contribution in [0.15, 0.2) is 15.9 Å². The Balaban J connectivity index is 2.17. The summed E-state index contributed by atoms with van der Waals surface area (Å²) >= 11 is 5.38. The van der Waals surface area contributed by atoms with Crippen molar-refractivity contribution < 1.29 is 0 Å². The highest BCUT2D eigenvalue weighted by Gasteiger charge is 2.29. The lowest BCUT2D eigenvalue weighted by Gasteiger charge is -2.38. The van der Waals surface area contributed by atoms with E-state index in [2.05, 4.69) is 63.6 Å². The lowest BCUT2D eigenvalue weighted by Crippen LogP contribution is -2.54. The molecule has 0 aliphatic carbocycles. The van der Waals surface area contributed by atoms with E-state index in [4.69, 9.17) is 0 Å². The molecule has 1 fully saturated rings. The molecule has 2 rings (SSSR count). The topological polar surface area (TPSA) is 18.5 Å². The maximum Gasteiger partial charge on any atom is 0.0603 e. The second-order valence-electron chi connectivity index (χ2n) is 4.90. The normalized spacial score (nSPS) is 24.2. The number of nitrogens with one attached hydrogen (secondary N) is 1. The predicted octanol–water partition coefficient (Wildman–Crippen LogP) is 2.02. The molecule has 1 saturated heterocycles. The SMILES string of the molecule is CN1CCNC(C(c2cc(Br)cs2)N(C)C)C1. The van der Waals surface area contributed by atoms with Gasteiger partial charge in [0.15, 0.2) is 0 Å². The summed E-state index contributed by atoms with van der Waals surface area (Å²) in [5.74, 6) is 0. The third kappa shape index (κ3) is 3.29. The van der Waals surface area contributed by atoms with Gasteiger partial charge in [0.2, 0.25) is 0 Å². The van der Waals surface area contributed by atoms with Gasteiger partial charge in [0.1, 0.15) is 0 Å². The van der Waals surface area contributed by atoms with Crippen molar-refractivity contribution in [3.63, 3.8) is 0 Å². The molecule has 0 saturated carbocycles. The summed E-state index contributed by atoms with van der Waals surface area (Å²) in [5, 5.41) is 5.81. The molecule has 0 bridgehead atoms. The fraction of sp³-hybridized carbons (Fsp3) is 0.667. The number of rotatable bonds is 3. The van der Waals surface area contributed by atoms with Crippen molar-refractivity contribution in [1.82, 2.24) is 15.1 Å². The van der Waals surface area contributed by atoms with Crippen molar-refractivity contribution in [3.05, 3.63) is 20.8 Å². The molecule has 96 valence electrons. The van der Waals surface area contributed by atoms with Gasteiger partial charge in [-0.2, -0.15) is 0 Å². The summed E-state index contributed by atoms with van der Waals surface area (Å²) in [5.41, 5.74) is 0. The zero-order chi connectivity index (χ0) is 12.4. The summed E-state index contributed by atoms with van der Waals surface area (Å²) in [6.07, 6.45) is 0. The van der Waals surface area contributed by atoms with Crippen molar-refractivity contribution in [3.8, 4) is 0 Å². The molecular weight excluding hydrogens is 298 g/mol. The number of hydrogen-bond acceptors (Lipinski definition) is 4. The van der Waals surface area contributed by atoms with E-state index >= 15 is 0 Å². The first-order valence-electron chi connectivity index (χ1n) is 5.90. The summed E-state index contributed by atoms with van der Waals surface area (Å²) in [6.45, 7) is 3.33. The quantitative estimate of drug-likeness (QED) is 0.920. The number of thiophene rings is 1. The van der Waals surface area contributed by atoms with E-state index in [0.717, 1.165) is 19.6 Å². The van der Waals surface area contributed by atoms with E-state index in [0.29, 0.717) is 12.1 Å². The molecule has 0 radical (unpaired) electrons. The van der Waals surface area contributed by atoms with Crippen LogP contribution in [-0.2, 0) is 0 Å². The minimum atomic E-state index is 0.453. The van der Waals surface area contributed by atoms with Crippen LogP contribution >= 0.6 is 27.3 Å². The van der Waals surface area contributed by atoms with Crippen molar-refractivity contribution in [2.75, 3.05) is 40.8 Å². The highest BCUT2D eigenvalue weighted by atomic mass is 79.9. The molecule has 5 heteroatoms. The zero-order valence-corrected chi connectivity index (χ0v) is 13.0. The maximum absolute atomic E-state index is 3.65. The van der Waals surface area contributed by atoms with Crippen molar-refractivity contribution in [1.29, 1.82) is 0 Å². The molecule has 1 aliphatic heterocycles. The molecule has 2 heterocycles. The number of halogens is 1. The van der Waals surface area contributed by atoms with Gasteiger partial charge in [-0.15, -0.1) is 11.3 Å². The van der Waals surface area contributed by atoms with E-state index in [1.807, 2.05) is 11.3 Å². The van der Waals surface area contributed by atoms with E-state index in [1.54, 1.807) is 0 Å². The molecular formula is C12H20BrN3S. The van der Waals surface area contributed by atoms with Crippen LogP contribution in [0.4, 0.5) is 0 Å². The second-order valence-corrected chi connectivity index (χ2v) is 6.76. The Hall–Kier alpha value is 0.0600. The molecule has 0 aromatic carbocycles. The van der Waals surface area contributed by atoms with Gasteiger partial charge in [0.05, 0.1) is 6.04 Å². The highest BCUT2D eigenvalue weighted by molar-refractivity contribution is 9.10. The van der Waals surface area contributed by atoms with Crippen LogP contribution < -0.4 is 5.32 Å². The van der Waals surface area contributed by atoms with Gasteiger partial charge in [0.25, 0.3) is 0 Å². The lowest BCUT2D eigenvalue weighted by molar-refractivity contribution is 0.156. The van der Waals surface area contributed by atoms with Crippen LogP contribution in [0.1, 0.15) is 10.9 Å². The largest absolute Gasteiger partial charge is 0.310 e. The van der Waals surface area contributed by atoms with Crippen molar-refractivity contribution >= 4 is 27.3 Å². The fourth-order valence-corrected chi connectivity index (χ4v) is 4.14. The van der Waals surface area contributed by atoms with Crippen LogP contribution in [0.5, 0.6) is 0 Å². The molecule has 0 amide bonds. The van der Waals surface area contributed by atoms with Crippen LogP contribution in [0, 0.1) is 0 Å². The molecule has 1 aromatic heterocycles. The van der Waals surface area contributed by atoms with Gasteiger partial charge in [-0.3, -0.25) is 0 Å². The van der Waals surface area contributed by atoms with Crippen molar-refractivity contribution in [2.45, 2.75) is 12.1 Å². The van der Waals surface area contributed by atoms with Gasteiger partial charge in [0, 0.05) is 40.4 Å². The fourth-order valence-electron chi connectivity index (χ4n) is 2.44. The molecule has 2 unspecified atom stereocenters. The Morgan fingerprint density at radius 1 is 1.59 bits per heavy atom. The smallest absolute Gasteiger partial charge is 0.0603 e. The van der Waals surface area contributed by atoms with E-state index in [9.17, 15) is 0 Å². The third-order valence-corrected chi connectivity index (χ3v) is 4.99. The predicted molar refractivity (Wildman–Crippen MR) is 77.7 cm³/mol. The standard InChI is InChI=1S/C12H20BrN3S/c1-15(2)12(11-6-9(13)8-17-11)10-7-16(3)5-4-14-10/h6,8,10,12,14H,4-5,7H2,1-3H3. The van der Waals surface area contributed by atoms with E-state index in [1.165, 1.54) is 9.35 Å². The minimum Gasteiger partial charge on any atom is -0.310 e. The summed E-state index contributed by atoms with van der Waals surface area (Å²) < 4.78 is 1.19. The molecule has 3 nitrogen and oxygen atoms in total. The second kappa shape index (κ2) is 5.80. The number of piperazine rings is 1. The van der Waals surface area contributed by atoms with Gasteiger partial charge in [-0.25, -0.2) is 0 Å². The van der Waals surface area contributed by atoms with Crippen molar-refractivity contribution in [2.24, 2.45) is 0 Å². The monoisotopic (exact) mass is 317 g/mol. The molecule has 1 aliphatic rings. The van der Waals surface area contributed by atoms with Gasteiger partial charge in [-0.05, 0) is 43.1 Å². The Morgan fingerprint density at radius 3 is 2.88 bits per heavy atom. The van der Waals surface area contributed by atoms with Crippen LogP contribution in [0.3, 0.4) is 0 Å². The Labute approximate surface area is 116 Å². The molecule has 1 N–H and O–H groups in total. The average Bonchev–Trinajstić information content (AvgIpc) is 2.64. The van der Waals surface area contributed by atoms with Gasteiger partial charge >= 0.3 is 0 Å². The summed E-state index contributed by atoms with van der Waals surface area (Å²) in [4.78, 5) is 6.14. The van der Waals surface area contributed by atoms with Gasteiger partial charge in [-0.1, -0.05) is 0 Å². The van der Waals surface area contributed by atoms with Crippen LogP contribution in [-0.4, -0.2) is 56.6 Å². The summed E-state index contributed by atoms with van der Waals surface area (Å²) in [7, 11) is 6.52. The number of nitrogens with zero attached hydrogens (tertiary/aromatic N) is 2. The Morgan fingerprint density at radius 2 is 2.35 bits per heavy atom. The Kier molecular flexibility index (Phi) is 4.60. The zero-order valence-electron chi connectivity index (χ0n) is 10.6. The number of likely N-dealkylation sites (N-methyl/N-ethyl adjacent to an activating group) is 2. The minimum absolute atomic E-state index is 0.453. The molecule has 0 spiro atoms. The Bertz CT molecular complexity index is 366. The van der Waals surface area contributed by atoms with E-state index < -0.39 is 0 Å².